The molecule has 10 aromatic carbocycles. The van der Waals surface area contributed by atoms with Gasteiger partial charge in [0.1, 0.15) is 0 Å². The maximum atomic E-state index is 2.39. The Bertz CT molecular complexity index is 2890. The summed E-state index contributed by atoms with van der Waals surface area (Å²) in [6, 6.07) is 75.5. The molecule has 0 heteroatoms. The highest BCUT2D eigenvalue weighted by Gasteiger charge is 2.18. The van der Waals surface area contributed by atoms with Crippen molar-refractivity contribution in [1.82, 2.24) is 0 Å². The van der Waals surface area contributed by atoms with Gasteiger partial charge in [-0.3, -0.25) is 0 Å². The maximum absolute atomic E-state index is 2.39. The van der Waals surface area contributed by atoms with Crippen molar-refractivity contribution in [1.29, 1.82) is 0 Å². The largest absolute Gasteiger partial charge is 0.0622 e. The van der Waals surface area contributed by atoms with Gasteiger partial charge in [0.05, 0.1) is 0 Å². The van der Waals surface area contributed by atoms with Crippen LogP contribution in [0.2, 0.25) is 0 Å². The summed E-state index contributed by atoms with van der Waals surface area (Å²) in [6.45, 7) is 0. The maximum Gasteiger partial charge on any atom is -0.00201 e. The Morgan fingerprint density at radius 1 is 0.192 bits per heavy atom. The van der Waals surface area contributed by atoms with Crippen LogP contribution in [0.5, 0.6) is 0 Å². The van der Waals surface area contributed by atoms with Gasteiger partial charge in [-0.1, -0.05) is 188 Å². The quantitative estimate of drug-likeness (QED) is 0.161. The summed E-state index contributed by atoms with van der Waals surface area (Å²) in [5.74, 6) is 0. The molecule has 0 unspecified atom stereocenters. The van der Waals surface area contributed by atoms with Crippen LogP contribution < -0.4 is 0 Å². The second-order valence-electron chi connectivity index (χ2n) is 13.6. The van der Waals surface area contributed by atoms with Crippen LogP contribution in [0.1, 0.15) is 0 Å². The summed E-state index contributed by atoms with van der Waals surface area (Å²) in [6.07, 6.45) is 0. The number of benzene rings is 10. The highest BCUT2D eigenvalue weighted by Crippen LogP contribution is 2.46. The second-order valence-corrected chi connectivity index (χ2v) is 13.6. The molecule has 0 atom stereocenters. The van der Waals surface area contributed by atoms with Gasteiger partial charge in [0.25, 0.3) is 0 Å². The molecule has 0 nitrogen and oxygen atoms in total. The van der Waals surface area contributed by atoms with Gasteiger partial charge < -0.3 is 0 Å². The van der Waals surface area contributed by atoms with E-state index in [1.165, 1.54) is 98.7 Å². The summed E-state index contributed by atoms with van der Waals surface area (Å²) in [4.78, 5) is 0. The lowest BCUT2D eigenvalue weighted by molar-refractivity contribution is 1.57. The van der Waals surface area contributed by atoms with Crippen molar-refractivity contribution in [3.8, 4) is 55.6 Å². The molecular formula is C52H34. The molecule has 0 saturated heterocycles. The fraction of sp³-hybridized carbons (Fsp3) is 0. The van der Waals surface area contributed by atoms with Crippen molar-refractivity contribution < 1.29 is 0 Å². The Labute approximate surface area is 303 Å². The normalized spacial score (nSPS) is 11.5. The van der Waals surface area contributed by atoms with Gasteiger partial charge in [-0.25, -0.2) is 0 Å². The van der Waals surface area contributed by atoms with E-state index < -0.39 is 0 Å². The van der Waals surface area contributed by atoms with Crippen LogP contribution in [0.15, 0.2) is 206 Å². The average Bonchev–Trinajstić information content (AvgIpc) is 3.22. The van der Waals surface area contributed by atoms with Crippen molar-refractivity contribution in [3.63, 3.8) is 0 Å². The van der Waals surface area contributed by atoms with E-state index >= 15 is 0 Å². The average molecular weight is 659 g/mol. The number of rotatable bonds is 5. The standard InChI is InChI=1S/C52H34/c1-2-14-36(15-3-1)43-20-6-7-22-45(43)40-19-12-18-38(32-40)39-30-28-35-29-31-41(34-42(35)33-39)51-47-23-8-10-25-49(47)52(50-26-11-9-24-48(50)51)46-27-13-17-37-16-4-5-21-44(37)46/h1-34H. The van der Waals surface area contributed by atoms with Gasteiger partial charge in [0.15, 0.2) is 0 Å². The zero-order chi connectivity index (χ0) is 34.4. The van der Waals surface area contributed by atoms with Crippen LogP contribution in [0.4, 0.5) is 0 Å². The van der Waals surface area contributed by atoms with Crippen LogP contribution in [-0.2, 0) is 0 Å². The molecule has 0 spiro atoms. The minimum atomic E-state index is 1.21. The second kappa shape index (κ2) is 12.5. The van der Waals surface area contributed by atoms with Crippen molar-refractivity contribution in [3.05, 3.63) is 206 Å². The van der Waals surface area contributed by atoms with Crippen molar-refractivity contribution >= 4 is 43.1 Å². The first-order valence-corrected chi connectivity index (χ1v) is 18.0. The molecule has 0 aliphatic heterocycles. The van der Waals surface area contributed by atoms with Gasteiger partial charge in [-0.15, -0.1) is 0 Å². The Morgan fingerprint density at radius 3 is 1.38 bits per heavy atom. The molecule has 0 bridgehead atoms. The van der Waals surface area contributed by atoms with Crippen molar-refractivity contribution in [2.24, 2.45) is 0 Å². The molecule has 10 aromatic rings. The molecule has 0 aliphatic carbocycles. The molecule has 0 aromatic heterocycles. The highest BCUT2D eigenvalue weighted by atomic mass is 14.2. The first-order chi connectivity index (χ1) is 25.8. The molecule has 10 rings (SSSR count). The fourth-order valence-corrected chi connectivity index (χ4v) is 8.23. The number of hydrogen-bond acceptors (Lipinski definition) is 0. The van der Waals surface area contributed by atoms with E-state index in [1.807, 2.05) is 0 Å². The smallest absolute Gasteiger partial charge is 0.00201 e. The van der Waals surface area contributed by atoms with Crippen molar-refractivity contribution in [2.45, 2.75) is 0 Å². The highest BCUT2D eigenvalue weighted by molar-refractivity contribution is 6.23. The number of hydrogen-bond donors (Lipinski definition) is 0. The molecule has 0 saturated carbocycles. The zero-order valence-corrected chi connectivity index (χ0v) is 28.6. The third-order valence-corrected chi connectivity index (χ3v) is 10.6. The predicted octanol–water partition coefficient (Wildman–Crippen LogP) is 14.6. The Kier molecular flexibility index (Phi) is 7.25. The molecule has 242 valence electrons. The molecule has 0 heterocycles. The van der Waals surface area contributed by atoms with Crippen LogP contribution >= 0.6 is 0 Å². The monoisotopic (exact) mass is 658 g/mol. The molecule has 0 amide bonds. The summed E-state index contributed by atoms with van der Waals surface area (Å²) < 4.78 is 0. The van der Waals surface area contributed by atoms with Crippen LogP contribution in [0.3, 0.4) is 0 Å². The van der Waals surface area contributed by atoms with E-state index in [9.17, 15) is 0 Å². The summed E-state index contributed by atoms with van der Waals surface area (Å²) >= 11 is 0. The zero-order valence-electron chi connectivity index (χ0n) is 28.6. The van der Waals surface area contributed by atoms with Crippen LogP contribution in [-0.4, -0.2) is 0 Å². The van der Waals surface area contributed by atoms with Gasteiger partial charge in [0, 0.05) is 0 Å². The van der Waals surface area contributed by atoms with Gasteiger partial charge in [0.2, 0.25) is 0 Å². The lowest BCUT2D eigenvalue weighted by atomic mass is 9.84. The third kappa shape index (κ3) is 5.08. The topological polar surface area (TPSA) is 0 Å². The van der Waals surface area contributed by atoms with E-state index in [0.717, 1.165) is 0 Å². The lowest BCUT2D eigenvalue weighted by Crippen LogP contribution is -1.91. The summed E-state index contributed by atoms with van der Waals surface area (Å²) in [5, 5.41) is 10.1. The van der Waals surface area contributed by atoms with E-state index in [2.05, 4.69) is 206 Å². The first kappa shape index (κ1) is 30.1. The van der Waals surface area contributed by atoms with Crippen LogP contribution in [0.25, 0.3) is 98.7 Å². The third-order valence-electron chi connectivity index (χ3n) is 10.6. The van der Waals surface area contributed by atoms with E-state index in [-0.39, 0.29) is 0 Å². The molecule has 0 N–H and O–H groups in total. The van der Waals surface area contributed by atoms with E-state index in [1.54, 1.807) is 0 Å². The van der Waals surface area contributed by atoms with Gasteiger partial charge in [-0.2, -0.15) is 0 Å². The first-order valence-electron chi connectivity index (χ1n) is 18.0. The minimum Gasteiger partial charge on any atom is -0.0622 e. The van der Waals surface area contributed by atoms with Crippen LogP contribution in [0, 0.1) is 0 Å². The lowest BCUT2D eigenvalue weighted by Gasteiger charge is -2.19. The Hall–Kier alpha value is -6.76. The molecule has 0 fully saturated rings. The fourth-order valence-electron chi connectivity index (χ4n) is 8.23. The Morgan fingerprint density at radius 2 is 0.654 bits per heavy atom. The Balaban J connectivity index is 1.13. The van der Waals surface area contributed by atoms with Crippen molar-refractivity contribution in [2.75, 3.05) is 0 Å². The summed E-state index contributed by atoms with van der Waals surface area (Å²) in [7, 11) is 0. The summed E-state index contributed by atoms with van der Waals surface area (Å²) in [5.41, 5.74) is 12.4. The number of fused-ring (bicyclic) bond motifs is 4. The predicted molar refractivity (Wildman–Crippen MR) is 224 cm³/mol. The van der Waals surface area contributed by atoms with E-state index in [4.69, 9.17) is 0 Å². The van der Waals surface area contributed by atoms with E-state index in [0.29, 0.717) is 0 Å². The molecule has 0 radical (unpaired) electrons. The van der Waals surface area contributed by atoms with Gasteiger partial charge >= 0.3 is 0 Å². The molecular weight excluding hydrogens is 625 g/mol. The minimum absolute atomic E-state index is 1.21. The molecule has 0 aliphatic rings. The molecule has 52 heavy (non-hydrogen) atoms. The van der Waals surface area contributed by atoms with Gasteiger partial charge in [-0.05, 0) is 117 Å². The SMILES string of the molecule is c1ccc(-c2ccccc2-c2cccc(-c3ccc4ccc(-c5c6ccccc6c(-c6cccc7ccccc67)c6ccccc56)cc4c3)c2)cc1.